The number of fused-ring (bicyclic) bond motifs is 2. The number of likely N-dealkylation sites (N-methyl/N-ethyl adjacent to an activating group) is 1. The second kappa shape index (κ2) is 14.6. The van der Waals surface area contributed by atoms with Crippen molar-refractivity contribution in [2.75, 3.05) is 53.3 Å². The van der Waals surface area contributed by atoms with Crippen molar-refractivity contribution in [3.8, 4) is 16.9 Å². The van der Waals surface area contributed by atoms with Crippen LogP contribution >= 0.6 is 0 Å². The van der Waals surface area contributed by atoms with E-state index in [1.807, 2.05) is 69.5 Å². The average molecular weight is 675 g/mol. The molecule has 0 spiro atoms. The smallest absolute Gasteiger partial charge is 0.318 e. The van der Waals surface area contributed by atoms with E-state index >= 15 is 0 Å². The number of nitrogens with zero attached hydrogens (tertiary/aromatic N) is 3. The van der Waals surface area contributed by atoms with Crippen LogP contribution < -0.4 is 25.6 Å². The van der Waals surface area contributed by atoms with Crippen molar-refractivity contribution in [2.45, 2.75) is 78.6 Å². The molecule has 4 fully saturated rings. The Hall–Kier alpha value is -3.79. The summed E-state index contributed by atoms with van der Waals surface area (Å²) < 4.78 is 6.02. The lowest BCUT2D eigenvalue weighted by molar-refractivity contribution is -0.136. The van der Waals surface area contributed by atoms with Crippen LogP contribution in [0.2, 0.25) is 0 Å². The lowest BCUT2D eigenvalue weighted by atomic mass is 9.45. The van der Waals surface area contributed by atoms with Gasteiger partial charge in [-0.3, -0.25) is 9.59 Å². The molecule has 1 aliphatic heterocycles. The summed E-state index contributed by atoms with van der Waals surface area (Å²) >= 11 is 0. The summed E-state index contributed by atoms with van der Waals surface area (Å²) in [6.45, 7) is 12.5. The molecule has 10 nitrogen and oxygen atoms in total. The summed E-state index contributed by atoms with van der Waals surface area (Å²) in [6, 6.07) is 10.9. The molecule has 2 aromatic rings. The second-order valence-corrected chi connectivity index (χ2v) is 16.1. The lowest BCUT2D eigenvalue weighted by Gasteiger charge is -2.62. The number of hydrogen-bond acceptors (Lipinski definition) is 6. The van der Waals surface area contributed by atoms with Crippen LogP contribution in [0.3, 0.4) is 0 Å². The van der Waals surface area contributed by atoms with E-state index in [0.29, 0.717) is 40.4 Å². The quantitative estimate of drug-likeness (QED) is 0.269. The minimum atomic E-state index is -0.618. The van der Waals surface area contributed by atoms with Crippen molar-refractivity contribution in [1.29, 1.82) is 0 Å². The minimum absolute atomic E-state index is 0.0161. The van der Waals surface area contributed by atoms with Gasteiger partial charge in [0.1, 0.15) is 11.8 Å². The van der Waals surface area contributed by atoms with Crippen molar-refractivity contribution >= 4 is 23.5 Å². The topological polar surface area (TPSA) is 106 Å². The molecule has 1 heterocycles. The third kappa shape index (κ3) is 7.69. The van der Waals surface area contributed by atoms with Gasteiger partial charge in [0.05, 0.1) is 13.7 Å². The van der Waals surface area contributed by atoms with Gasteiger partial charge >= 0.3 is 6.03 Å². The molecule has 268 valence electrons. The number of para-hydroxylation sites is 1. The van der Waals surface area contributed by atoms with Crippen LogP contribution in [0.25, 0.3) is 11.1 Å². The van der Waals surface area contributed by atoms with E-state index in [-0.39, 0.29) is 43.0 Å². The van der Waals surface area contributed by atoms with Crippen molar-refractivity contribution in [2.24, 2.45) is 29.1 Å². The fourth-order valence-corrected chi connectivity index (χ4v) is 8.55. The van der Waals surface area contributed by atoms with Gasteiger partial charge in [0.2, 0.25) is 5.91 Å². The summed E-state index contributed by atoms with van der Waals surface area (Å²) in [7, 11) is 9.57. The SMILES string of the molecule is COc1c(CN2C(=O)NC[C@@H]2C(=O)N[C@H]2C[C@@H]3C[C@@H]([C@@H]2C)C3(C)C)cccc1-c1cc(C(=O)N[C@@H](CC(C)C)CN(C)C)cc(N(C)C)c1. The highest BCUT2D eigenvalue weighted by molar-refractivity contribution is 5.97. The number of benzene rings is 2. The van der Waals surface area contributed by atoms with Crippen LogP contribution in [0, 0.1) is 29.1 Å². The molecule has 0 radical (unpaired) electrons. The van der Waals surface area contributed by atoms with Crippen molar-refractivity contribution in [3.05, 3.63) is 47.5 Å². The van der Waals surface area contributed by atoms with Crippen LogP contribution in [-0.2, 0) is 11.3 Å². The van der Waals surface area contributed by atoms with E-state index in [2.05, 4.69) is 55.5 Å². The van der Waals surface area contributed by atoms with Gasteiger partial charge in [0.25, 0.3) is 5.91 Å². The summed E-state index contributed by atoms with van der Waals surface area (Å²) in [6.07, 6.45) is 3.10. The molecule has 1 saturated heterocycles. The van der Waals surface area contributed by atoms with Crippen molar-refractivity contribution in [1.82, 2.24) is 25.8 Å². The number of carbonyl (C=O) groups is 3. The van der Waals surface area contributed by atoms with Gasteiger partial charge in [0.15, 0.2) is 0 Å². The molecule has 6 rings (SSSR count). The molecule has 4 amide bonds. The zero-order chi connectivity index (χ0) is 35.8. The first kappa shape index (κ1) is 36.5. The highest BCUT2D eigenvalue weighted by Crippen LogP contribution is 2.61. The van der Waals surface area contributed by atoms with Crippen LogP contribution in [0.15, 0.2) is 36.4 Å². The summed E-state index contributed by atoms with van der Waals surface area (Å²) in [4.78, 5) is 46.3. The standard InChI is InChI=1S/C39H58N6O4/c1-23(2)14-29(22-43(6)7)41-36(46)27-15-26(16-30(17-27)44(8)9)31-13-11-12-25(35(31)49-10)21-45-34(20-40-38(45)48)37(47)42-33-19-28-18-32(24(33)3)39(28,4)5/h11-13,15-17,23-24,28-29,32-34H,14,18-22H2,1-10H3,(H,40,48)(H,41,46)(H,42,47)/t24-,28-,29-,32-,33-,34+/m0/s1. The number of methoxy groups -OCH3 is 1. The van der Waals surface area contributed by atoms with E-state index in [9.17, 15) is 14.4 Å². The highest BCUT2D eigenvalue weighted by atomic mass is 16.5. The first-order valence-corrected chi connectivity index (χ1v) is 17.9. The fourth-order valence-electron chi connectivity index (χ4n) is 8.55. The number of urea groups is 1. The molecule has 0 unspecified atom stereocenters. The van der Waals surface area contributed by atoms with E-state index in [0.717, 1.165) is 41.8 Å². The van der Waals surface area contributed by atoms with E-state index < -0.39 is 6.04 Å². The monoisotopic (exact) mass is 674 g/mol. The molecule has 3 saturated carbocycles. The molecule has 4 aliphatic rings. The molecular weight excluding hydrogens is 616 g/mol. The van der Waals surface area contributed by atoms with E-state index in [1.165, 1.54) is 6.42 Å². The predicted molar refractivity (Wildman–Crippen MR) is 196 cm³/mol. The Bertz CT molecular complexity index is 1530. The Morgan fingerprint density at radius 1 is 1.10 bits per heavy atom. The Kier molecular flexibility index (Phi) is 10.9. The van der Waals surface area contributed by atoms with Gasteiger partial charge in [-0.1, -0.05) is 52.8 Å². The predicted octanol–water partition coefficient (Wildman–Crippen LogP) is 5.22. The molecule has 6 atom stereocenters. The van der Waals surface area contributed by atoms with Gasteiger partial charge in [-0.05, 0) is 86.2 Å². The van der Waals surface area contributed by atoms with Crippen LogP contribution in [0.5, 0.6) is 5.75 Å². The minimum Gasteiger partial charge on any atom is -0.496 e. The first-order chi connectivity index (χ1) is 23.1. The molecule has 3 N–H and O–H groups in total. The Balaban J connectivity index is 1.39. The average Bonchev–Trinajstić information content (AvgIpc) is 3.40. The Labute approximate surface area is 293 Å². The maximum absolute atomic E-state index is 13.7. The third-order valence-electron chi connectivity index (χ3n) is 11.4. The fraction of sp³-hybridized carbons (Fsp3) is 0.615. The van der Waals surface area contributed by atoms with Crippen LogP contribution in [-0.4, -0.2) is 94.2 Å². The number of nitrogens with one attached hydrogen (secondary N) is 3. The molecule has 3 aliphatic carbocycles. The van der Waals surface area contributed by atoms with Crippen molar-refractivity contribution < 1.29 is 19.1 Å². The summed E-state index contributed by atoms with van der Waals surface area (Å²) in [5.74, 6) is 2.46. The van der Waals surface area contributed by atoms with Crippen molar-refractivity contribution in [3.63, 3.8) is 0 Å². The van der Waals surface area contributed by atoms with Gasteiger partial charge in [0, 0.05) is 61.6 Å². The number of ether oxygens (including phenoxy) is 1. The maximum atomic E-state index is 13.7. The van der Waals surface area contributed by atoms with Crippen LogP contribution in [0.4, 0.5) is 10.5 Å². The zero-order valence-corrected chi connectivity index (χ0v) is 31.2. The summed E-state index contributed by atoms with van der Waals surface area (Å²) in [5.41, 5.74) is 4.21. The van der Waals surface area contributed by atoms with Crippen LogP contribution in [0.1, 0.15) is 69.8 Å². The van der Waals surface area contributed by atoms with E-state index in [4.69, 9.17) is 4.74 Å². The largest absolute Gasteiger partial charge is 0.496 e. The Morgan fingerprint density at radius 3 is 2.45 bits per heavy atom. The second-order valence-electron chi connectivity index (χ2n) is 16.1. The zero-order valence-electron chi connectivity index (χ0n) is 31.2. The molecule has 2 bridgehead atoms. The highest BCUT2D eigenvalue weighted by Gasteiger charge is 2.56. The first-order valence-electron chi connectivity index (χ1n) is 17.9. The van der Waals surface area contributed by atoms with Gasteiger partial charge in [-0.25, -0.2) is 4.79 Å². The molecular formula is C39H58N6O4. The Morgan fingerprint density at radius 2 is 1.84 bits per heavy atom. The summed E-state index contributed by atoms with van der Waals surface area (Å²) in [5, 5.41) is 9.49. The number of carbonyl (C=O) groups excluding carboxylic acids is 3. The number of anilines is 1. The molecule has 0 aromatic heterocycles. The molecule has 10 heteroatoms. The normalized spacial score (nSPS) is 24.7. The van der Waals surface area contributed by atoms with Gasteiger partial charge < -0.3 is 35.4 Å². The van der Waals surface area contributed by atoms with Gasteiger partial charge in [-0.2, -0.15) is 0 Å². The number of amides is 4. The van der Waals surface area contributed by atoms with E-state index in [1.54, 1.807) is 12.0 Å². The lowest BCUT2D eigenvalue weighted by Crippen LogP contribution is -2.62. The number of hydrogen-bond donors (Lipinski definition) is 3. The molecule has 2 aromatic carbocycles. The van der Waals surface area contributed by atoms with Gasteiger partial charge in [-0.15, -0.1) is 0 Å². The number of rotatable bonds is 13. The maximum Gasteiger partial charge on any atom is 0.318 e. The third-order valence-corrected chi connectivity index (χ3v) is 11.4. The molecule has 49 heavy (non-hydrogen) atoms.